The molecule has 132 valence electrons. The Labute approximate surface area is 151 Å². The van der Waals surface area contributed by atoms with Crippen LogP contribution in [0.15, 0.2) is 24.3 Å². The molecule has 0 aliphatic heterocycles. The first-order valence-corrected chi connectivity index (χ1v) is 9.05. The molecule has 0 aliphatic rings. The topological polar surface area (TPSA) is 61.8 Å². The number of benzene rings is 1. The Balaban J connectivity index is 2.72. The number of rotatable bonds is 10. The van der Waals surface area contributed by atoms with Gasteiger partial charge in [0.1, 0.15) is 5.75 Å². The minimum Gasteiger partial charge on any atom is -0.493 e. The number of alkyl halides is 1. The predicted octanol–water partition coefficient (Wildman–Crippen LogP) is 3.88. The fourth-order valence-electron chi connectivity index (χ4n) is 1.99. The van der Waals surface area contributed by atoms with E-state index in [0.717, 1.165) is 11.1 Å². The molecule has 0 spiro atoms. The predicted molar refractivity (Wildman–Crippen MR) is 96.1 cm³/mol. The Morgan fingerprint density at radius 3 is 2.58 bits per heavy atom. The van der Waals surface area contributed by atoms with Crippen LogP contribution in [0.4, 0.5) is 0 Å². The van der Waals surface area contributed by atoms with Gasteiger partial charge >= 0.3 is 11.9 Å². The summed E-state index contributed by atoms with van der Waals surface area (Å²) < 4.78 is 15.5. The van der Waals surface area contributed by atoms with Gasteiger partial charge in [-0.1, -0.05) is 28.1 Å². The first-order valence-electron chi connectivity index (χ1n) is 7.93. The number of carbonyl (C=O) groups is 2. The third kappa shape index (κ3) is 7.17. The lowest BCUT2D eigenvalue weighted by molar-refractivity contribution is -0.143. The zero-order valence-corrected chi connectivity index (χ0v) is 15.6. The Kier molecular flexibility index (Phi) is 9.84. The molecule has 0 atom stereocenters. The van der Waals surface area contributed by atoms with Crippen LogP contribution in [-0.2, 0) is 24.4 Å². The molecular formula is C18H23BrO5. The van der Waals surface area contributed by atoms with Crippen molar-refractivity contribution < 1.29 is 23.8 Å². The molecule has 0 aliphatic carbocycles. The average Bonchev–Trinajstić information content (AvgIpc) is 2.57. The van der Waals surface area contributed by atoms with Crippen molar-refractivity contribution in [3.05, 3.63) is 35.4 Å². The molecular weight excluding hydrogens is 376 g/mol. The molecule has 1 rings (SSSR count). The van der Waals surface area contributed by atoms with Crippen molar-refractivity contribution >= 4 is 33.9 Å². The van der Waals surface area contributed by atoms with Gasteiger partial charge in [-0.25, -0.2) is 4.79 Å². The van der Waals surface area contributed by atoms with Gasteiger partial charge in [-0.2, -0.15) is 0 Å². The summed E-state index contributed by atoms with van der Waals surface area (Å²) >= 11 is 3.43. The van der Waals surface area contributed by atoms with E-state index in [1.54, 1.807) is 19.9 Å². The lowest BCUT2D eigenvalue weighted by Gasteiger charge is -2.12. The molecule has 0 N–H and O–H groups in total. The van der Waals surface area contributed by atoms with Gasteiger partial charge in [0, 0.05) is 23.4 Å². The van der Waals surface area contributed by atoms with E-state index in [1.807, 2.05) is 18.2 Å². The molecule has 1 aromatic rings. The molecule has 0 fully saturated rings. The summed E-state index contributed by atoms with van der Waals surface area (Å²) in [5.74, 6) is 0.0456. The average molecular weight is 399 g/mol. The third-order valence-corrected chi connectivity index (χ3v) is 3.67. The highest BCUT2D eigenvalue weighted by Crippen LogP contribution is 2.26. The number of hydrogen-bond donors (Lipinski definition) is 0. The summed E-state index contributed by atoms with van der Waals surface area (Å²) in [6.07, 6.45) is 3.96. The van der Waals surface area contributed by atoms with E-state index in [9.17, 15) is 9.59 Å². The van der Waals surface area contributed by atoms with Gasteiger partial charge in [0.05, 0.1) is 19.8 Å². The van der Waals surface area contributed by atoms with Gasteiger partial charge in [-0.15, -0.1) is 0 Å². The number of hydrogen-bond acceptors (Lipinski definition) is 5. The van der Waals surface area contributed by atoms with E-state index in [1.165, 1.54) is 6.08 Å². The standard InChI is InChI=1S/C18H23BrO5/c1-3-22-17(20)9-6-12-24-16-8-5-7-14(13-19)15(16)10-11-18(21)23-4-2/h5,7-8,10-11H,3-4,6,9,12-13H2,1-2H3. The van der Waals surface area contributed by atoms with E-state index < -0.39 is 5.97 Å². The molecule has 0 saturated carbocycles. The Morgan fingerprint density at radius 1 is 1.17 bits per heavy atom. The molecule has 0 radical (unpaired) electrons. The van der Waals surface area contributed by atoms with E-state index in [4.69, 9.17) is 14.2 Å². The smallest absolute Gasteiger partial charge is 0.330 e. The van der Waals surface area contributed by atoms with Crippen LogP contribution in [0.1, 0.15) is 37.8 Å². The Hall–Kier alpha value is -1.82. The molecule has 24 heavy (non-hydrogen) atoms. The van der Waals surface area contributed by atoms with Crippen LogP contribution in [0.25, 0.3) is 6.08 Å². The molecule has 1 aromatic carbocycles. The lowest BCUT2D eigenvalue weighted by Crippen LogP contribution is -2.07. The van der Waals surface area contributed by atoms with Crippen molar-refractivity contribution in [3.8, 4) is 5.75 Å². The second-order valence-corrected chi connectivity index (χ2v) is 5.37. The number of ether oxygens (including phenoxy) is 3. The van der Waals surface area contributed by atoms with Crippen molar-refractivity contribution in [1.82, 2.24) is 0 Å². The van der Waals surface area contributed by atoms with Crippen LogP contribution in [-0.4, -0.2) is 31.8 Å². The molecule has 0 heterocycles. The van der Waals surface area contributed by atoms with Gasteiger partial charge in [0.2, 0.25) is 0 Å². The second kappa shape index (κ2) is 11.7. The van der Waals surface area contributed by atoms with Crippen LogP contribution < -0.4 is 4.74 Å². The molecule has 6 heteroatoms. The van der Waals surface area contributed by atoms with E-state index in [0.29, 0.717) is 43.7 Å². The van der Waals surface area contributed by atoms with Crippen LogP contribution in [0.3, 0.4) is 0 Å². The van der Waals surface area contributed by atoms with E-state index in [2.05, 4.69) is 15.9 Å². The maximum absolute atomic E-state index is 11.5. The molecule has 0 bridgehead atoms. The van der Waals surface area contributed by atoms with Gasteiger partial charge in [-0.3, -0.25) is 4.79 Å². The maximum atomic E-state index is 11.5. The summed E-state index contributed by atoms with van der Waals surface area (Å²) in [6, 6.07) is 5.67. The SMILES string of the molecule is CCOC(=O)C=Cc1c(CBr)cccc1OCCCC(=O)OCC. The van der Waals surface area contributed by atoms with Gasteiger partial charge < -0.3 is 14.2 Å². The van der Waals surface area contributed by atoms with Crippen molar-refractivity contribution in [3.63, 3.8) is 0 Å². The highest BCUT2D eigenvalue weighted by atomic mass is 79.9. The van der Waals surface area contributed by atoms with Crippen molar-refractivity contribution in [1.29, 1.82) is 0 Å². The summed E-state index contributed by atoms with van der Waals surface area (Å²) in [6.45, 7) is 4.65. The zero-order chi connectivity index (χ0) is 17.8. The molecule has 0 saturated heterocycles. The monoisotopic (exact) mass is 398 g/mol. The minimum absolute atomic E-state index is 0.224. The summed E-state index contributed by atoms with van der Waals surface area (Å²) in [5, 5.41) is 0.634. The highest BCUT2D eigenvalue weighted by Gasteiger charge is 2.08. The van der Waals surface area contributed by atoms with Crippen molar-refractivity contribution in [2.45, 2.75) is 32.0 Å². The number of esters is 2. The normalized spacial score (nSPS) is 10.6. The quantitative estimate of drug-likeness (QED) is 0.259. The Morgan fingerprint density at radius 2 is 1.92 bits per heavy atom. The third-order valence-electron chi connectivity index (χ3n) is 3.06. The van der Waals surface area contributed by atoms with E-state index >= 15 is 0 Å². The fourth-order valence-corrected chi connectivity index (χ4v) is 2.48. The van der Waals surface area contributed by atoms with Gasteiger partial charge in [0.15, 0.2) is 0 Å². The Bertz CT molecular complexity index is 569. The number of halogens is 1. The number of carbonyl (C=O) groups excluding carboxylic acids is 2. The van der Waals surface area contributed by atoms with Crippen LogP contribution in [0.2, 0.25) is 0 Å². The van der Waals surface area contributed by atoms with Crippen LogP contribution in [0, 0.1) is 0 Å². The first-order chi connectivity index (χ1) is 11.6. The van der Waals surface area contributed by atoms with Crippen LogP contribution >= 0.6 is 15.9 Å². The first kappa shape index (κ1) is 20.2. The lowest BCUT2D eigenvalue weighted by atomic mass is 10.1. The van der Waals surface area contributed by atoms with Crippen molar-refractivity contribution in [2.75, 3.05) is 19.8 Å². The highest BCUT2D eigenvalue weighted by molar-refractivity contribution is 9.08. The molecule has 0 aromatic heterocycles. The molecule has 5 nitrogen and oxygen atoms in total. The fraction of sp³-hybridized carbons (Fsp3) is 0.444. The second-order valence-electron chi connectivity index (χ2n) is 4.80. The largest absolute Gasteiger partial charge is 0.493 e. The zero-order valence-electron chi connectivity index (χ0n) is 14.0. The van der Waals surface area contributed by atoms with E-state index in [-0.39, 0.29) is 5.97 Å². The maximum Gasteiger partial charge on any atom is 0.330 e. The van der Waals surface area contributed by atoms with Gasteiger partial charge in [0.25, 0.3) is 0 Å². The molecule has 0 unspecified atom stereocenters. The van der Waals surface area contributed by atoms with Gasteiger partial charge in [-0.05, 0) is 38.0 Å². The summed E-state index contributed by atoms with van der Waals surface area (Å²) in [4.78, 5) is 22.8. The minimum atomic E-state index is -0.393. The summed E-state index contributed by atoms with van der Waals surface area (Å²) in [5.41, 5.74) is 1.82. The van der Waals surface area contributed by atoms with Crippen LogP contribution in [0.5, 0.6) is 5.75 Å². The van der Waals surface area contributed by atoms with Crippen molar-refractivity contribution in [2.24, 2.45) is 0 Å². The molecule has 0 amide bonds. The summed E-state index contributed by atoms with van der Waals surface area (Å²) in [7, 11) is 0.